The molecular formula is C16H17NO2. The molecule has 0 aliphatic heterocycles. The van der Waals surface area contributed by atoms with Gasteiger partial charge in [-0.3, -0.25) is 4.79 Å². The van der Waals surface area contributed by atoms with Crippen LogP contribution in [-0.4, -0.2) is 19.6 Å². The van der Waals surface area contributed by atoms with Crippen LogP contribution in [0.15, 0.2) is 60.7 Å². The Bertz CT molecular complexity index is 511. The molecule has 0 saturated carbocycles. The highest BCUT2D eigenvalue weighted by atomic mass is 16.5. The van der Waals surface area contributed by atoms with Gasteiger partial charge in [0.05, 0.1) is 12.6 Å². The van der Waals surface area contributed by atoms with E-state index >= 15 is 0 Å². The first-order chi connectivity index (χ1) is 9.31. The first kappa shape index (κ1) is 13.3. The molecule has 98 valence electrons. The highest BCUT2D eigenvalue weighted by molar-refractivity contribution is 5.94. The first-order valence-electron chi connectivity index (χ1n) is 6.21. The van der Waals surface area contributed by atoms with Crippen LogP contribution in [0.5, 0.6) is 0 Å². The predicted octanol–water partition coefficient (Wildman–Crippen LogP) is 2.80. The molecule has 0 unspecified atom stereocenters. The quantitative estimate of drug-likeness (QED) is 0.892. The lowest BCUT2D eigenvalue weighted by Crippen LogP contribution is -2.31. The van der Waals surface area contributed by atoms with E-state index in [1.165, 1.54) is 0 Å². The van der Waals surface area contributed by atoms with Gasteiger partial charge in [0.25, 0.3) is 5.91 Å². The summed E-state index contributed by atoms with van der Waals surface area (Å²) in [6.07, 6.45) is 0. The van der Waals surface area contributed by atoms with Gasteiger partial charge in [-0.25, -0.2) is 0 Å². The fourth-order valence-corrected chi connectivity index (χ4v) is 1.90. The van der Waals surface area contributed by atoms with Crippen LogP contribution in [-0.2, 0) is 4.74 Å². The van der Waals surface area contributed by atoms with E-state index in [9.17, 15) is 4.79 Å². The largest absolute Gasteiger partial charge is 0.382 e. The Kier molecular flexibility index (Phi) is 4.70. The van der Waals surface area contributed by atoms with Gasteiger partial charge in [-0.2, -0.15) is 0 Å². The Balaban J connectivity index is 2.11. The summed E-state index contributed by atoms with van der Waals surface area (Å²) in [5, 5.41) is 2.99. The molecule has 1 N–H and O–H groups in total. The molecule has 2 aromatic carbocycles. The molecule has 0 heterocycles. The topological polar surface area (TPSA) is 38.3 Å². The standard InChI is InChI=1S/C16H17NO2/c1-19-12-15(13-8-4-2-5-9-13)17-16(18)14-10-6-3-7-11-14/h2-11,15H,12H2,1H3,(H,17,18)/t15-/m0/s1. The highest BCUT2D eigenvalue weighted by Crippen LogP contribution is 2.13. The molecular weight excluding hydrogens is 238 g/mol. The summed E-state index contributed by atoms with van der Waals surface area (Å²) in [6.45, 7) is 0.447. The van der Waals surface area contributed by atoms with Gasteiger partial charge in [0.1, 0.15) is 0 Å². The third-order valence-corrected chi connectivity index (χ3v) is 2.88. The number of amides is 1. The molecule has 0 fully saturated rings. The van der Waals surface area contributed by atoms with Crippen molar-refractivity contribution in [1.29, 1.82) is 0 Å². The molecule has 0 saturated heterocycles. The summed E-state index contributed by atoms with van der Waals surface area (Å²) in [5.41, 5.74) is 1.69. The van der Waals surface area contributed by atoms with E-state index in [4.69, 9.17) is 4.74 Å². The number of hydrogen-bond donors (Lipinski definition) is 1. The third kappa shape index (κ3) is 3.66. The van der Waals surface area contributed by atoms with Crippen molar-refractivity contribution >= 4 is 5.91 Å². The van der Waals surface area contributed by atoms with Crippen molar-refractivity contribution in [3.05, 3.63) is 71.8 Å². The van der Waals surface area contributed by atoms with Crippen molar-refractivity contribution in [3.63, 3.8) is 0 Å². The van der Waals surface area contributed by atoms with Crippen LogP contribution in [0.1, 0.15) is 22.0 Å². The lowest BCUT2D eigenvalue weighted by Gasteiger charge is -2.18. The first-order valence-corrected chi connectivity index (χ1v) is 6.21. The van der Waals surface area contributed by atoms with E-state index in [-0.39, 0.29) is 11.9 Å². The van der Waals surface area contributed by atoms with E-state index in [1.807, 2.05) is 48.5 Å². The van der Waals surface area contributed by atoms with Crippen LogP contribution in [0.2, 0.25) is 0 Å². The number of hydrogen-bond acceptors (Lipinski definition) is 2. The van der Waals surface area contributed by atoms with Crippen molar-refractivity contribution < 1.29 is 9.53 Å². The third-order valence-electron chi connectivity index (χ3n) is 2.88. The summed E-state index contributed by atoms with van der Waals surface area (Å²) in [5.74, 6) is -0.0912. The van der Waals surface area contributed by atoms with E-state index in [1.54, 1.807) is 19.2 Å². The monoisotopic (exact) mass is 255 g/mol. The Morgan fingerprint density at radius 3 is 2.21 bits per heavy atom. The smallest absolute Gasteiger partial charge is 0.251 e. The summed E-state index contributed by atoms with van der Waals surface area (Å²) < 4.78 is 5.18. The predicted molar refractivity (Wildman–Crippen MR) is 75.0 cm³/mol. The molecule has 0 spiro atoms. The molecule has 1 amide bonds. The maximum Gasteiger partial charge on any atom is 0.251 e. The van der Waals surface area contributed by atoms with Gasteiger partial charge in [-0.05, 0) is 17.7 Å². The van der Waals surface area contributed by atoms with Crippen molar-refractivity contribution in [2.75, 3.05) is 13.7 Å². The lowest BCUT2D eigenvalue weighted by molar-refractivity contribution is 0.0896. The second-order valence-electron chi connectivity index (χ2n) is 4.26. The summed E-state index contributed by atoms with van der Waals surface area (Å²) in [6, 6.07) is 18.9. The second-order valence-corrected chi connectivity index (χ2v) is 4.26. The summed E-state index contributed by atoms with van der Waals surface area (Å²) in [7, 11) is 1.63. The number of methoxy groups -OCH3 is 1. The van der Waals surface area contributed by atoms with E-state index in [0.29, 0.717) is 12.2 Å². The van der Waals surface area contributed by atoms with Crippen LogP contribution in [0, 0.1) is 0 Å². The van der Waals surface area contributed by atoms with Gasteiger partial charge in [0.2, 0.25) is 0 Å². The highest BCUT2D eigenvalue weighted by Gasteiger charge is 2.15. The van der Waals surface area contributed by atoms with Gasteiger partial charge in [-0.1, -0.05) is 48.5 Å². The maximum absolute atomic E-state index is 12.1. The zero-order valence-electron chi connectivity index (χ0n) is 10.9. The molecule has 19 heavy (non-hydrogen) atoms. The summed E-state index contributed by atoms with van der Waals surface area (Å²) >= 11 is 0. The Morgan fingerprint density at radius 2 is 1.63 bits per heavy atom. The van der Waals surface area contributed by atoms with Gasteiger partial charge in [-0.15, -0.1) is 0 Å². The van der Waals surface area contributed by atoms with Crippen molar-refractivity contribution in [2.24, 2.45) is 0 Å². The molecule has 0 radical (unpaired) electrons. The van der Waals surface area contributed by atoms with Gasteiger partial charge >= 0.3 is 0 Å². The zero-order chi connectivity index (χ0) is 13.5. The van der Waals surface area contributed by atoms with Crippen LogP contribution < -0.4 is 5.32 Å². The maximum atomic E-state index is 12.1. The minimum atomic E-state index is -0.140. The minimum Gasteiger partial charge on any atom is -0.382 e. The van der Waals surface area contributed by atoms with E-state index < -0.39 is 0 Å². The lowest BCUT2D eigenvalue weighted by atomic mass is 10.1. The Hall–Kier alpha value is -2.13. The number of rotatable bonds is 5. The van der Waals surface area contributed by atoms with Crippen molar-refractivity contribution in [3.8, 4) is 0 Å². The number of carbonyl (C=O) groups excluding carboxylic acids is 1. The van der Waals surface area contributed by atoms with Crippen LogP contribution in [0.25, 0.3) is 0 Å². The molecule has 2 rings (SSSR count). The SMILES string of the molecule is COC[C@H](NC(=O)c1ccccc1)c1ccccc1. The molecule has 3 heteroatoms. The fourth-order valence-electron chi connectivity index (χ4n) is 1.90. The molecule has 0 aromatic heterocycles. The van der Waals surface area contributed by atoms with E-state index in [0.717, 1.165) is 5.56 Å². The Morgan fingerprint density at radius 1 is 1.05 bits per heavy atom. The molecule has 0 aliphatic rings. The number of benzene rings is 2. The Labute approximate surface area is 113 Å². The molecule has 1 atom stereocenters. The van der Waals surface area contributed by atoms with Crippen molar-refractivity contribution in [1.82, 2.24) is 5.32 Å². The van der Waals surface area contributed by atoms with Crippen LogP contribution >= 0.6 is 0 Å². The van der Waals surface area contributed by atoms with Gasteiger partial charge in [0, 0.05) is 12.7 Å². The minimum absolute atomic E-state index is 0.0912. The molecule has 0 aliphatic carbocycles. The second kappa shape index (κ2) is 6.71. The van der Waals surface area contributed by atoms with Crippen LogP contribution in [0.4, 0.5) is 0 Å². The molecule has 2 aromatic rings. The average Bonchev–Trinajstić information content (AvgIpc) is 2.48. The zero-order valence-corrected chi connectivity index (χ0v) is 10.9. The average molecular weight is 255 g/mol. The number of ether oxygens (including phenoxy) is 1. The summed E-state index contributed by atoms with van der Waals surface area (Å²) in [4.78, 5) is 12.1. The fraction of sp³-hybridized carbons (Fsp3) is 0.188. The van der Waals surface area contributed by atoms with Gasteiger partial charge < -0.3 is 10.1 Å². The van der Waals surface area contributed by atoms with Crippen LogP contribution in [0.3, 0.4) is 0 Å². The normalized spacial score (nSPS) is 11.8. The molecule has 3 nitrogen and oxygen atoms in total. The van der Waals surface area contributed by atoms with Gasteiger partial charge in [0.15, 0.2) is 0 Å². The molecule has 0 bridgehead atoms. The van der Waals surface area contributed by atoms with E-state index in [2.05, 4.69) is 5.32 Å². The van der Waals surface area contributed by atoms with Crippen molar-refractivity contribution in [2.45, 2.75) is 6.04 Å². The number of nitrogens with one attached hydrogen (secondary N) is 1. The number of carbonyl (C=O) groups is 1.